The van der Waals surface area contributed by atoms with E-state index in [1.54, 1.807) is 7.05 Å². The maximum absolute atomic E-state index is 11.6. The second kappa shape index (κ2) is 6.86. The Morgan fingerprint density at radius 1 is 1.58 bits per heavy atom. The van der Waals surface area contributed by atoms with Crippen LogP contribution in [0.5, 0.6) is 0 Å². The van der Waals surface area contributed by atoms with Gasteiger partial charge in [-0.15, -0.1) is 0 Å². The van der Waals surface area contributed by atoms with Crippen LogP contribution in [0.2, 0.25) is 0 Å². The topological polar surface area (TPSA) is 58.4 Å². The van der Waals surface area contributed by atoms with Crippen LogP contribution in [0.4, 0.5) is 5.69 Å². The van der Waals surface area contributed by atoms with Gasteiger partial charge in [-0.2, -0.15) is 0 Å². The highest BCUT2D eigenvalue weighted by Gasteiger charge is 2.16. The molecule has 6 heteroatoms. The van der Waals surface area contributed by atoms with Crippen molar-refractivity contribution in [3.05, 3.63) is 28.2 Å². The van der Waals surface area contributed by atoms with Gasteiger partial charge in [0.25, 0.3) is 0 Å². The Balaban J connectivity index is 2.98. The van der Waals surface area contributed by atoms with Gasteiger partial charge in [-0.05, 0) is 18.2 Å². The second-order valence-electron chi connectivity index (χ2n) is 4.42. The van der Waals surface area contributed by atoms with E-state index in [2.05, 4.69) is 21.2 Å². The maximum atomic E-state index is 11.6. The molecule has 104 valence electrons. The first kappa shape index (κ1) is 15.9. The molecule has 1 aromatic carbocycles. The Labute approximate surface area is 127 Å². The molecule has 3 N–H and O–H groups in total. The number of halogens is 1. The molecular weight excluding hydrogens is 326 g/mol. The minimum Gasteiger partial charge on any atom is -0.389 e. The molecule has 0 spiro atoms. The standard InChI is InChI=1S/C13H18BrN3OS/c1-8(13(18)16-2)7-17(3)11-6-9(14)4-5-10(11)12(15)19/h4-6,8H,7H2,1-3H3,(H2,15,19)(H,16,18). The van der Waals surface area contributed by atoms with Gasteiger partial charge in [-0.1, -0.05) is 35.1 Å². The Kier molecular flexibility index (Phi) is 5.75. The fourth-order valence-electron chi connectivity index (χ4n) is 1.87. The summed E-state index contributed by atoms with van der Waals surface area (Å²) in [6.07, 6.45) is 0. The number of carbonyl (C=O) groups excluding carboxylic acids is 1. The van der Waals surface area contributed by atoms with Crippen LogP contribution >= 0.6 is 28.1 Å². The molecule has 1 aromatic rings. The van der Waals surface area contributed by atoms with Crippen molar-refractivity contribution in [1.29, 1.82) is 0 Å². The summed E-state index contributed by atoms with van der Waals surface area (Å²) in [6, 6.07) is 5.72. The first-order valence-electron chi connectivity index (χ1n) is 5.89. The first-order chi connectivity index (χ1) is 8.86. The molecule has 0 aliphatic carbocycles. The Morgan fingerprint density at radius 2 is 2.21 bits per heavy atom. The average Bonchev–Trinajstić information content (AvgIpc) is 2.36. The number of nitrogens with two attached hydrogens (primary N) is 1. The highest BCUT2D eigenvalue weighted by atomic mass is 79.9. The van der Waals surface area contributed by atoms with Crippen molar-refractivity contribution in [1.82, 2.24) is 5.32 Å². The lowest BCUT2D eigenvalue weighted by Gasteiger charge is -2.25. The monoisotopic (exact) mass is 343 g/mol. The molecule has 4 nitrogen and oxygen atoms in total. The Morgan fingerprint density at radius 3 is 2.74 bits per heavy atom. The molecule has 1 amide bonds. The Hall–Kier alpha value is -1.14. The average molecular weight is 344 g/mol. The van der Waals surface area contributed by atoms with Gasteiger partial charge in [0.15, 0.2) is 0 Å². The van der Waals surface area contributed by atoms with Gasteiger partial charge in [0.05, 0.1) is 5.92 Å². The van der Waals surface area contributed by atoms with Gasteiger partial charge < -0.3 is 16.0 Å². The van der Waals surface area contributed by atoms with Crippen molar-refractivity contribution in [3.63, 3.8) is 0 Å². The van der Waals surface area contributed by atoms with Crippen molar-refractivity contribution in [3.8, 4) is 0 Å². The van der Waals surface area contributed by atoms with E-state index in [1.807, 2.05) is 37.1 Å². The Bertz CT molecular complexity index is 493. The number of rotatable bonds is 5. The summed E-state index contributed by atoms with van der Waals surface area (Å²) < 4.78 is 0.946. The van der Waals surface area contributed by atoms with E-state index in [9.17, 15) is 4.79 Å². The fraction of sp³-hybridized carbons (Fsp3) is 0.385. The zero-order valence-corrected chi connectivity index (χ0v) is 13.6. The second-order valence-corrected chi connectivity index (χ2v) is 5.78. The molecule has 1 unspecified atom stereocenters. The molecule has 0 saturated heterocycles. The van der Waals surface area contributed by atoms with Crippen LogP contribution in [0.1, 0.15) is 12.5 Å². The minimum atomic E-state index is -0.117. The van der Waals surface area contributed by atoms with E-state index in [1.165, 1.54) is 0 Å². The van der Waals surface area contributed by atoms with E-state index in [-0.39, 0.29) is 11.8 Å². The smallest absolute Gasteiger partial charge is 0.224 e. The SMILES string of the molecule is CNC(=O)C(C)CN(C)c1cc(Br)ccc1C(N)=S. The predicted octanol–water partition coefficient (Wildman–Crippen LogP) is 1.90. The van der Waals surface area contributed by atoms with E-state index in [0.717, 1.165) is 15.7 Å². The van der Waals surface area contributed by atoms with Crippen molar-refractivity contribution < 1.29 is 4.79 Å². The summed E-state index contributed by atoms with van der Waals surface area (Å²) in [7, 11) is 3.56. The van der Waals surface area contributed by atoms with Crippen molar-refractivity contribution in [2.75, 3.05) is 25.5 Å². The molecule has 0 radical (unpaired) electrons. The zero-order valence-electron chi connectivity index (χ0n) is 11.2. The number of hydrogen-bond acceptors (Lipinski definition) is 3. The molecule has 0 aromatic heterocycles. The summed E-state index contributed by atoms with van der Waals surface area (Å²) in [4.78, 5) is 13.9. The van der Waals surface area contributed by atoms with E-state index >= 15 is 0 Å². The maximum Gasteiger partial charge on any atom is 0.224 e. The molecule has 0 aliphatic heterocycles. The van der Waals surface area contributed by atoms with Gasteiger partial charge in [-0.25, -0.2) is 0 Å². The number of anilines is 1. The fourth-order valence-corrected chi connectivity index (χ4v) is 2.39. The van der Waals surface area contributed by atoms with Crippen LogP contribution < -0.4 is 16.0 Å². The lowest BCUT2D eigenvalue weighted by molar-refractivity contribution is -0.123. The molecule has 0 bridgehead atoms. The largest absolute Gasteiger partial charge is 0.389 e. The van der Waals surface area contributed by atoms with Crippen molar-refractivity contribution >= 4 is 44.7 Å². The van der Waals surface area contributed by atoms with Gasteiger partial charge >= 0.3 is 0 Å². The van der Waals surface area contributed by atoms with Gasteiger partial charge in [0.2, 0.25) is 5.91 Å². The zero-order chi connectivity index (χ0) is 14.6. The third kappa shape index (κ3) is 4.18. The third-order valence-electron chi connectivity index (χ3n) is 2.88. The number of amides is 1. The van der Waals surface area contributed by atoms with E-state index in [4.69, 9.17) is 18.0 Å². The summed E-state index contributed by atoms with van der Waals surface area (Å²) >= 11 is 8.49. The molecule has 1 atom stereocenters. The summed E-state index contributed by atoms with van der Waals surface area (Å²) in [6.45, 7) is 2.47. The highest BCUT2D eigenvalue weighted by molar-refractivity contribution is 9.10. The third-order valence-corrected chi connectivity index (χ3v) is 3.59. The molecule has 1 rings (SSSR count). The summed E-state index contributed by atoms with van der Waals surface area (Å²) in [5, 5.41) is 2.64. The number of thiocarbonyl (C=S) groups is 1. The normalized spacial score (nSPS) is 11.8. The number of nitrogens with one attached hydrogen (secondary N) is 1. The van der Waals surface area contributed by atoms with Crippen molar-refractivity contribution in [2.45, 2.75) is 6.92 Å². The number of benzene rings is 1. The minimum absolute atomic E-state index is 0.0127. The number of nitrogens with zero attached hydrogens (tertiary/aromatic N) is 1. The quantitative estimate of drug-likeness (QED) is 0.801. The molecule has 0 saturated carbocycles. The van der Waals surface area contributed by atoms with E-state index in [0.29, 0.717) is 11.5 Å². The first-order valence-corrected chi connectivity index (χ1v) is 7.09. The molecule has 0 aliphatic rings. The van der Waals surface area contributed by atoms with E-state index < -0.39 is 0 Å². The molecule has 0 heterocycles. The number of hydrogen-bond donors (Lipinski definition) is 2. The summed E-state index contributed by atoms with van der Waals surface area (Å²) in [5.74, 6) is -0.105. The van der Waals surface area contributed by atoms with Gasteiger partial charge in [-0.3, -0.25) is 4.79 Å². The highest BCUT2D eigenvalue weighted by Crippen LogP contribution is 2.25. The van der Waals surface area contributed by atoms with Crippen molar-refractivity contribution in [2.24, 2.45) is 11.7 Å². The van der Waals surface area contributed by atoms with Crippen LogP contribution in [0, 0.1) is 5.92 Å². The predicted molar refractivity (Wildman–Crippen MR) is 86.5 cm³/mol. The lowest BCUT2D eigenvalue weighted by Crippen LogP contribution is -2.35. The van der Waals surface area contributed by atoms with Crippen LogP contribution in [-0.4, -0.2) is 31.5 Å². The molecule has 19 heavy (non-hydrogen) atoms. The molecular formula is C13H18BrN3OS. The lowest BCUT2D eigenvalue weighted by atomic mass is 10.1. The van der Waals surface area contributed by atoms with Crippen LogP contribution in [0.15, 0.2) is 22.7 Å². The summed E-state index contributed by atoms with van der Waals surface area (Å²) in [5.41, 5.74) is 7.45. The van der Waals surface area contributed by atoms with Crippen LogP contribution in [-0.2, 0) is 4.79 Å². The number of carbonyl (C=O) groups is 1. The van der Waals surface area contributed by atoms with Gasteiger partial charge in [0.1, 0.15) is 4.99 Å². The van der Waals surface area contributed by atoms with Crippen LogP contribution in [0.3, 0.4) is 0 Å². The van der Waals surface area contributed by atoms with Gasteiger partial charge in [0, 0.05) is 36.4 Å². The molecule has 0 fully saturated rings. The van der Waals surface area contributed by atoms with Crippen LogP contribution in [0.25, 0.3) is 0 Å².